The first kappa shape index (κ1) is 15.3. The molecule has 0 aliphatic carbocycles. The van der Waals surface area contributed by atoms with Crippen LogP contribution in [0.3, 0.4) is 0 Å². The Morgan fingerprint density at radius 3 is 2.22 bits per heavy atom. The Morgan fingerprint density at radius 1 is 1.11 bits per heavy atom. The van der Waals surface area contributed by atoms with Crippen LogP contribution in [0.1, 0.15) is 13.8 Å². The summed E-state index contributed by atoms with van der Waals surface area (Å²) in [5.74, 6) is 0.885. The van der Waals surface area contributed by atoms with E-state index in [1.54, 1.807) is 6.33 Å². The lowest BCUT2D eigenvalue weighted by molar-refractivity contribution is 0.141. The molecule has 0 saturated heterocycles. The molecule has 0 radical (unpaired) electrons. The molecule has 6 heteroatoms. The van der Waals surface area contributed by atoms with E-state index in [1.165, 1.54) is 0 Å². The van der Waals surface area contributed by atoms with Crippen LogP contribution in [0.25, 0.3) is 0 Å². The Labute approximate surface area is 117 Å². The van der Waals surface area contributed by atoms with Crippen molar-refractivity contribution >= 4 is 21.7 Å². The normalized spacial score (nSPS) is 10.6. The van der Waals surface area contributed by atoms with E-state index >= 15 is 0 Å². The summed E-state index contributed by atoms with van der Waals surface area (Å²) >= 11 is 3.35. The summed E-state index contributed by atoms with van der Waals surface area (Å²) in [7, 11) is 0. The average molecular weight is 318 g/mol. The highest BCUT2D eigenvalue weighted by molar-refractivity contribution is 9.10. The molecule has 1 rings (SSSR count). The third-order valence-electron chi connectivity index (χ3n) is 2.36. The van der Waals surface area contributed by atoms with Crippen LogP contribution < -0.4 is 4.90 Å². The van der Waals surface area contributed by atoms with E-state index in [2.05, 4.69) is 30.8 Å². The predicted octanol–water partition coefficient (Wildman–Crippen LogP) is 2.12. The van der Waals surface area contributed by atoms with Crippen molar-refractivity contribution in [3.8, 4) is 0 Å². The van der Waals surface area contributed by atoms with Crippen LogP contribution in [0.5, 0.6) is 0 Å². The molecule has 1 aromatic rings. The van der Waals surface area contributed by atoms with Crippen LogP contribution in [0.15, 0.2) is 17.0 Å². The van der Waals surface area contributed by atoms with Crippen molar-refractivity contribution < 1.29 is 9.47 Å². The standard InChI is InChI=1S/C12H20BrN3O2/c1-3-17-7-5-16(6-8-18-4-2)12-9-11(13)14-10-15-12/h9-10H,3-8H2,1-2H3. The predicted molar refractivity (Wildman–Crippen MR) is 74.9 cm³/mol. The molecular formula is C12H20BrN3O2. The fourth-order valence-electron chi connectivity index (χ4n) is 1.48. The molecule has 1 aromatic heterocycles. The minimum absolute atomic E-state index is 0.685. The summed E-state index contributed by atoms with van der Waals surface area (Å²) in [6.07, 6.45) is 1.55. The summed E-state index contributed by atoms with van der Waals surface area (Å²) in [5.41, 5.74) is 0. The minimum Gasteiger partial charge on any atom is -0.380 e. The Hall–Kier alpha value is -0.720. The largest absolute Gasteiger partial charge is 0.380 e. The first-order valence-electron chi connectivity index (χ1n) is 6.15. The maximum atomic E-state index is 5.38. The summed E-state index contributed by atoms with van der Waals surface area (Å²) in [6, 6.07) is 1.90. The van der Waals surface area contributed by atoms with Gasteiger partial charge in [0.15, 0.2) is 0 Å². The van der Waals surface area contributed by atoms with Crippen molar-refractivity contribution in [2.75, 3.05) is 44.4 Å². The summed E-state index contributed by atoms with van der Waals surface area (Å²) in [6.45, 7) is 8.40. The van der Waals surface area contributed by atoms with Crippen LogP contribution in [-0.4, -0.2) is 49.5 Å². The topological polar surface area (TPSA) is 47.5 Å². The fraction of sp³-hybridized carbons (Fsp3) is 0.667. The highest BCUT2D eigenvalue weighted by Crippen LogP contribution is 2.14. The first-order valence-corrected chi connectivity index (χ1v) is 6.95. The summed E-state index contributed by atoms with van der Waals surface area (Å²) in [5, 5.41) is 0. The lowest BCUT2D eigenvalue weighted by atomic mass is 10.4. The van der Waals surface area contributed by atoms with Gasteiger partial charge >= 0.3 is 0 Å². The molecule has 0 fully saturated rings. The molecule has 0 aliphatic heterocycles. The zero-order valence-corrected chi connectivity index (χ0v) is 12.5. The van der Waals surface area contributed by atoms with E-state index in [4.69, 9.17) is 9.47 Å². The molecule has 0 atom stereocenters. The highest BCUT2D eigenvalue weighted by atomic mass is 79.9. The molecule has 0 spiro atoms. The van der Waals surface area contributed by atoms with Gasteiger partial charge in [-0.05, 0) is 29.8 Å². The molecule has 0 bridgehead atoms. The average Bonchev–Trinajstić information content (AvgIpc) is 2.37. The van der Waals surface area contributed by atoms with Gasteiger partial charge in [-0.25, -0.2) is 9.97 Å². The van der Waals surface area contributed by atoms with Gasteiger partial charge in [-0.1, -0.05) is 0 Å². The Balaban J connectivity index is 2.57. The second kappa shape index (κ2) is 9.24. The molecule has 18 heavy (non-hydrogen) atoms. The van der Waals surface area contributed by atoms with E-state index in [1.807, 2.05) is 19.9 Å². The van der Waals surface area contributed by atoms with Crippen molar-refractivity contribution in [1.29, 1.82) is 0 Å². The number of hydrogen-bond acceptors (Lipinski definition) is 5. The zero-order chi connectivity index (χ0) is 13.2. The van der Waals surface area contributed by atoms with Gasteiger partial charge in [-0.2, -0.15) is 0 Å². The molecule has 0 saturated carbocycles. The highest BCUT2D eigenvalue weighted by Gasteiger charge is 2.08. The van der Waals surface area contributed by atoms with Gasteiger partial charge in [0.2, 0.25) is 0 Å². The smallest absolute Gasteiger partial charge is 0.133 e. The van der Waals surface area contributed by atoms with Crippen LogP contribution in [0.2, 0.25) is 0 Å². The Bertz CT molecular complexity index is 329. The Morgan fingerprint density at radius 2 is 1.72 bits per heavy atom. The Kier molecular flexibility index (Phi) is 7.88. The van der Waals surface area contributed by atoms with E-state index in [9.17, 15) is 0 Å². The molecule has 0 unspecified atom stereocenters. The van der Waals surface area contributed by atoms with E-state index in [0.29, 0.717) is 13.2 Å². The number of aromatic nitrogens is 2. The lowest BCUT2D eigenvalue weighted by Gasteiger charge is -2.23. The van der Waals surface area contributed by atoms with Gasteiger partial charge in [0.25, 0.3) is 0 Å². The number of halogens is 1. The molecular weight excluding hydrogens is 298 g/mol. The van der Waals surface area contributed by atoms with Gasteiger partial charge in [0, 0.05) is 32.4 Å². The molecule has 0 amide bonds. The number of ether oxygens (including phenoxy) is 2. The van der Waals surface area contributed by atoms with Crippen LogP contribution in [0, 0.1) is 0 Å². The van der Waals surface area contributed by atoms with Crippen molar-refractivity contribution in [3.05, 3.63) is 17.0 Å². The van der Waals surface area contributed by atoms with Gasteiger partial charge in [0.05, 0.1) is 13.2 Å². The maximum absolute atomic E-state index is 5.38. The minimum atomic E-state index is 0.685. The van der Waals surface area contributed by atoms with Crippen LogP contribution in [0.4, 0.5) is 5.82 Å². The van der Waals surface area contributed by atoms with Gasteiger partial charge in [-0.3, -0.25) is 0 Å². The van der Waals surface area contributed by atoms with Crippen LogP contribution >= 0.6 is 15.9 Å². The van der Waals surface area contributed by atoms with Gasteiger partial charge in [0.1, 0.15) is 16.7 Å². The third-order valence-corrected chi connectivity index (χ3v) is 2.80. The molecule has 102 valence electrons. The third kappa shape index (κ3) is 5.75. The quantitative estimate of drug-likeness (QED) is 0.515. The van der Waals surface area contributed by atoms with Gasteiger partial charge in [-0.15, -0.1) is 0 Å². The van der Waals surface area contributed by atoms with Crippen molar-refractivity contribution in [1.82, 2.24) is 9.97 Å². The fourth-order valence-corrected chi connectivity index (χ4v) is 1.77. The van der Waals surface area contributed by atoms with E-state index in [-0.39, 0.29) is 0 Å². The van der Waals surface area contributed by atoms with Crippen molar-refractivity contribution in [2.45, 2.75) is 13.8 Å². The molecule has 0 aliphatic rings. The molecule has 0 aromatic carbocycles. The molecule has 5 nitrogen and oxygen atoms in total. The summed E-state index contributed by atoms with van der Waals surface area (Å²) < 4.78 is 11.6. The number of rotatable bonds is 9. The second-order valence-electron chi connectivity index (χ2n) is 3.58. The van der Waals surface area contributed by atoms with Crippen molar-refractivity contribution in [2.24, 2.45) is 0 Å². The number of hydrogen-bond donors (Lipinski definition) is 0. The van der Waals surface area contributed by atoms with E-state index in [0.717, 1.165) is 36.7 Å². The van der Waals surface area contributed by atoms with E-state index < -0.39 is 0 Å². The second-order valence-corrected chi connectivity index (χ2v) is 4.39. The molecule has 0 N–H and O–H groups in total. The molecule has 1 heterocycles. The monoisotopic (exact) mass is 317 g/mol. The maximum Gasteiger partial charge on any atom is 0.133 e. The van der Waals surface area contributed by atoms with Crippen LogP contribution in [-0.2, 0) is 9.47 Å². The van der Waals surface area contributed by atoms with Crippen molar-refractivity contribution in [3.63, 3.8) is 0 Å². The number of anilines is 1. The lowest BCUT2D eigenvalue weighted by Crippen LogP contribution is -2.31. The first-order chi connectivity index (χ1) is 8.77. The zero-order valence-electron chi connectivity index (χ0n) is 10.9. The summed E-state index contributed by atoms with van der Waals surface area (Å²) in [4.78, 5) is 10.4. The SMILES string of the molecule is CCOCCN(CCOCC)c1cc(Br)ncn1. The number of nitrogens with zero attached hydrogens (tertiary/aromatic N) is 3. The van der Waals surface area contributed by atoms with Gasteiger partial charge < -0.3 is 14.4 Å².